The highest BCUT2D eigenvalue weighted by molar-refractivity contribution is 5.88. The van der Waals surface area contributed by atoms with Crippen molar-refractivity contribution in [3.05, 3.63) is 35.3 Å². The van der Waals surface area contributed by atoms with Crippen LogP contribution in [0.4, 0.5) is 10.6 Å². The Morgan fingerprint density at radius 2 is 2.12 bits per heavy atom. The van der Waals surface area contributed by atoms with Crippen LogP contribution in [0, 0.1) is 0 Å². The number of fused-ring (bicyclic) bond motifs is 1. The van der Waals surface area contributed by atoms with Crippen LogP contribution in [0.3, 0.4) is 0 Å². The Morgan fingerprint density at radius 3 is 2.92 bits per heavy atom. The number of pyridine rings is 1. The number of carbonyl (C=O) groups is 1. The van der Waals surface area contributed by atoms with Gasteiger partial charge < -0.3 is 10.0 Å². The van der Waals surface area contributed by atoms with E-state index in [4.69, 9.17) is 5.11 Å². The van der Waals surface area contributed by atoms with Gasteiger partial charge in [0, 0.05) is 19.3 Å². The number of aryl methyl sites for hydroxylation is 2. The molecule has 1 fully saturated rings. The molecule has 1 saturated heterocycles. The number of nitrogens with zero attached hydrogens (tertiary/aromatic N) is 5. The lowest BCUT2D eigenvalue weighted by molar-refractivity contribution is 0.174. The third-order valence-corrected chi connectivity index (χ3v) is 5.24. The summed E-state index contributed by atoms with van der Waals surface area (Å²) in [6, 6.07) is 1.97. The molecule has 138 valence electrons. The van der Waals surface area contributed by atoms with Gasteiger partial charge in [0.25, 0.3) is 0 Å². The van der Waals surface area contributed by atoms with Gasteiger partial charge in [-0.1, -0.05) is 5.21 Å². The van der Waals surface area contributed by atoms with Crippen LogP contribution in [0.5, 0.6) is 0 Å². The number of anilines is 1. The first kappa shape index (κ1) is 17.0. The predicted octanol–water partition coefficient (Wildman–Crippen LogP) is 1.91. The van der Waals surface area contributed by atoms with E-state index in [1.54, 1.807) is 15.8 Å². The molecule has 1 aliphatic heterocycles. The van der Waals surface area contributed by atoms with Crippen LogP contribution in [-0.2, 0) is 19.4 Å². The Morgan fingerprint density at radius 1 is 1.27 bits per heavy atom. The van der Waals surface area contributed by atoms with E-state index in [9.17, 15) is 4.79 Å². The SMILES string of the molecule is O=C(Nc1cc2c(cn1)CCCC2)N1CCCC(n2cc(CO)nn2)C1. The largest absolute Gasteiger partial charge is 0.390 e. The fourth-order valence-electron chi connectivity index (χ4n) is 3.79. The van der Waals surface area contributed by atoms with E-state index in [0.29, 0.717) is 18.1 Å². The van der Waals surface area contributed by atoms with Crippen molar-refractivity contribution in [3.63, 3.8) is 0 Å². The third-order valence-electron chi connectivity index (χ3n) is 5.24. The van der Waals surface area contributed by atoms with E-state index in [1.165, 1.54) is 24.0 Å². The lowest BCUT2D eigenvalue weighted by atomic mass is 9.93. The zero-order valence-corrected chi connectivity index (χ0v) is 14.8. The number of amides is 2. The van der Waals surface area contributed by atoms with Gasteiger partial charge in [0.15, 0.2) is 0 Å². The molecule has 2 aromatic rings. The summed E-state index contributed by atoms with van der Waals surface area (Å²) in [5, 5.41) is 20.1. The standard InChI is InChI=1S/C18H24N6O2/c25-12-15-10-24(22-21-15)16-6-3-7-23(11-16)18(26)20-17-8-13-4-1-2-5-14(13)9-19-17/h8-10,16,25H,1-7,11-12H2,(H,19,20,26). The van der Waals surface area contributed by atoms with Crippen LogP contribution >= 0.6 is 0 Å². The van der Waals surface area contributed by atoms with Crippen molar-refractivity contribution in [3.8, 4) is 0 Å². The van der Waals surface area contributed by atoms with Gasteiger partial charge >= 0.3 is 6.03 Å². The minimum Gasteiger partial charge on any atom is -0.390 e. The maximum Gasteiger partial charge on any atom is 0.323 e. The quantitative estimate of drug-likeness (QED) is 0.876. The van der Waals surface area contributed by atoms with E-state index < -0.39 is 0 Å². The number of likely N-dealkylation sites (tertiary alicyclic amines) is 1. The van der Waals surface area contributed by atoms with E-state index >= 15 is 0 Å². The molecule has 2 aromatic heterocycles. The monoisotopic (exact) mass is 356 g/mol. The van der Waals surface area contributed by atoms with Gasteiger partial charge in [-0.05, 0) is 55.7 Å². The highest BCUT2D eigenvalue weighted by atomic mass is 16.3. The Kier molecular flexibility index (Phi) is 4.83. The van der Waals surface area contributed by atoms with Crippen molar-refractivity contribution >= 4 is 11.8 Å². The van der Waals surface area contributed by atoms with Crippen LogP contribution in [0.15, 0.2) is 18.5 Å². The van der Waals surface area contributed by atoms with Gasteiger partial charge in [-0.2, -0.15) is 0 Å². The van der Waals surface area contributed by atoms with Crippen LogP contribution in [0.1, 0.15) is 48.5 Å². The lowest BCUT2D eigenvalue weighted by Gasteiger charge is -2.32. The van der Waals surface area contributed by atoms with Crippen LogP contribution in [0.25, 0.3) is 0 Å². The van der Waals surface area contributed by atoms with Gasteiger partial charge in [-0.25, -0.2) is 14.5 Å². The molecule has 26 heavy (non-hydrogen) atoms. The second-order valence-corrected chi connectivity index (χ2v) is 7.07. The molecule has 3 heterocycles. The van der Waals surface area contributed by atoms with Gasteiger partial charge in [0.2, 0.25) is 0 Å². The predicted molar refractivity (Wildman–Crippen MR) is 95.7 cm³/mol. The summed E-state index contributed by atoms with van der Waals surface area (Å²) in [6.07, 6.45) is 10.1. The summed E-state index contributed by atoms with van der Waals surface area (Å²) >= 11 is 0. The summed E-state index contributed by atoms with van der Waals surface area (Å²) in [6.45, 7) is 1.17. The number of piperidine rings is 1. The second-order valence-electron chi connectivity index (χ2n) is 7.07. The first-order valence-corrected chi connectivity index (χ1v) is 9.28. The smallest absolute Gasteiger partial charge is 0.323 e. The van der Waals surface area contributed by atoms with Crippen LogP contribution in [0.2, 0.25) is 0 Å². The Bertz CT molecular complexity index is 790. The number of aliphatic hydroxyl groups is 1. The summed E-state index contributed by atoms with van der Waals surface area (Å²) in [5.41, 5.74) is 3.15. The van der Waals surface area contributed by atoms with Gasteiger partial charge in [0.1, 0.15) is 11.5 Å². The molecule has 2 amide bonds. The molecular formula is C18H24N6O2. The fourth-order valence-corrected chi connectivity index (χ4v) is 3.79. The number of aromatic nitrogens is 4. The highest BCUT2D eigenvalue weighted by Crippen LogP contribution is 2.24. The molecule has 0 bridgehead atoms. The first-order valence-electron chi connectivity index (χ1n) is 9.28. The zero-order valence-electron chi connectivity index (χ0n) is 14.8. The maximum absolute atomic E-state index is 12.7. The van der Waals surface area contributed by atoms with E-state index in [-0.39, 0.29) is 18.7 Å². The highest BCUT2D eigenvalue weighted by Gasteiger charge is 2.26. The molecule has 0 aromatic carbocycles. The van der Waals surface area contributed by atoms with Crippen molar-refractivity contribution < 1.29 is 9.90 Å². The number of carbonyl (C=O) groups excluding carboxylic acids is 1. The Labute approximate surface area is 152 Å². The summed E-state index contributed by atoms with van der Waals surface area (Å²) < 4.78 is 1.75. The number of aliphatic hydroxyl groups excluding tert-OH is 1. The third kappa shape index (κ3) is 3.55. The second kappa shape index (κ2) is 7.41. The lowest BCUT2D eigenvalue weighted by Crippen LogP contribution is -2.43. The molecule has 4 rings (SSSR count). The van der Waals surface area contributed by atoms with Crippen molar-refractivity contribution in [2.24, 2.45) is 0 Å². The van der Waals surface area contributed by atoms with Crippen molar-refractivity contribution in [2.75, 3.05) is 18.4 Å². The minimum atomic E-state index is -0.125. The fraction of sp³-hybridized carbons (Fsp3) is 0.556. The van der Waals surface area contributed by atoms with Crippen LogP contribution in [-0.4, -0.2) is 49.1 Å². The molecule has 2 N–H and O–H groups in total. The van der Waals surface area contributed by atoms with Gasteiger partial charge in [-0.15, -0.1) is 5.10 Å². The first-order chi connectivity index (χ1) is 12.7. The molecular weight excluding hydrogens is 332 g/mol. The molecule has 1 unspecified atom stereocenters. The summed E-state index contributed by atoms with van der Waals surface area (Å²) in [7, 11) is 0. The number of hydrogen-bond donors (Lipinski definition) is 2. The number of urea groups is 1. The normalized spacial score (nSPS) is 19.9. The molecule has 8 nitrogen and oxygen atoms in total. The van der Waals surface area contributed by atoms with Crippen molar-refractivity contribution in [1.82, 2.24) is 24.9 Å². The molecule has 0 radical (unpaired) electrons. The summed E-state index contributed by atoms with van der Waals surface area (Å²) in [4.78, 5) is 18.9. The van der Waals surface area contributed by atoms with Crippen molar-refractivity contribution in [1.29, 1.82) is 0 Å². The number of rotatable bonds is 3. The molecule has 1 aliphatic carbocycles. The maximum atomic E-state index is 12.7. The molecule has 2 aliphatic rings. The number of nitrogens with one attached hydrogen (secondary N) is 1. The average Bonchev–Trinajstić information content (AvgIpc) is 3.17. The topological polar surface area (TPSA) is 96.2 Å². The molecule has 8 heteroatoms. The van der Waals surface area contributed by atoms with E-state index in [1.807, 2.05) is 12.3 Å². The van der Waals surface area contributed by atoms with Gasteiger partial charge in [0.05, 0.1) is 18.8 Å². The Hall–Kier alpha value is -2.48. The van der Waals surface area contributed by atoms with Gasteiger partial charge in [-0.3, -0.25) is 5.32 Å². The minimum absolute atomic E-state index is 0.0822. The number of hydrogen-bond acceptors (Lipinski definition) is 5. The van der Waals surface area contributed by atoms with E-state index in [2.05, 4.69) is 20.6 Å². The summed E-state index contributed by atoms with van der Waals surface area (Å²) in [5.74, 6) is 0.626. The molecule has 0 spiro atoms. The van der Waals surface area contributed by atoms with Crippen molar-refractivity contribution in [2.45, 2.75) is 51.2 Å². The zero-order chi connectivity index (χ0) is 17.9. The average molecular weight is 356 g/mol. The van der Waals surface area contributed by atoms with Crippen LogP contribution < -0.4 is 5.32 Å². The van der Waals surface area contributed by atoms with E-state index in [0.717, 1.165) is 32.2 Å². The molecule has 0 saturated carbocycles. The molecule has 1 atom stereocenters. The Balaban J connectivity index is 1.41.